The number of aliphatic hydroxyl groups is 1. The molecule has 84 valence electrons. The number of rotatable bonds is 4. The molecule has 0 radical (unpaired) electrons. The average Bonchev–Trinajstić information content (AvgIpc) is 1.79. The van der Waals surface area contributed by atoms with Crippen molar-refractivity contribution < 1.29 is 9.90 Å². The monoisotopic (exact) mass is 202 g/mol. The lowest BCUT2D eigenvalue weighted by Gasteiger charge is -2.38. The number of hydrogen-bond acceptors (Lipinski definition) is 3. The van der Waals surface area contributed by atoms with Crippen molar-refractivity contribution in [2.24, 2.45) is 0 Å². The molecule has 0 heterocycles. The van der Waals surface area contributed by atoms with E-state index in [2.05, 4.69) is 5.32 Å². The fraction of sp³-hybridized carbons (Fsp3) is 0.900. The minimum absolute atomic E-state index is 0.0814. The van der Waals surface area contributed by atoms with Crippen LogP contribution in [0.25, 0.3) is 0 Å². The van der Waals surface area contributed by atoms with Gasteiger partial charge in [0.2, 0.25) is 5.91 Å². The Bertz CT molecular complexity index is 205. The van der Waals surface area contributed by atoms with E-state index in [4.69, 9.17) is 0 Å². The SMILES string of the molecule is CN(C)CC(=O)NC(C)(C)C(C)(C)O. The normalized spacial score (nSPS) is 13.1. The van der Waals surface area contributed by atoms with Gasteiger partial charge in [0.05, 0.1) is 17.7 Å². The Kier molecular flexibility index (Phi) is 4.09. The van der Waals surface area contributed by atoms with Crippen molar-refractivity contribution in [3.05, 3.63) is 0 Å². The lowest BCUT2D eigenvalue weighted by Crippen LogP contribution is -2.58. The predicted octanol–water partition coefficient (Wildman–Crippen LogP) is 0.214. The largest absolute Gasteiger partial charge is 0.388 e. The summed E-state index contributed by atoms with van der Waals surface area (Å²) in [6, 6.07) is 0. The third-order valence-corrected chi connectivity index (χ3v) is 2.44. The Morgan fingerprint density at radius 1 is 1.29 bits per heavy atom. The van der Waals surface area contributed by atoms with Crippen LogP contribution < -0.4 is 5.32 Å². The van der Waals surface area contributed by atoms with Crippen molar-refractivity contribution >= 4 is 5.91 Å². The maximum absolute atomic E-state index is 11.5. The number of carbonyl (C=O) groups is 1. The molecule has 0 aliphatic carbocycles. The fourth-order valence-corrected chi connectivity index (χ4v) is 0.828. The highest BCUT2D eigenvalue weighted by Gasteiger charge is 2.36. The number of hydrogen-bond donors (Lipinski definition) is 2. The van der Waals surface area contributed by atoms with Gasteiger partial charge in [0.15, 0.2) is 0 Å². The van der Waals surface area contributed by atoms with Gasteiger partial charge in [-0.2, -0.15) is 0 Å². The van der Waals surface area contributed by atoms with E-state index in [0.717, 1.165) is 0 Å². The van der Waals surface area contributed by atoms with E-state index >= 15 is 0 Å². The van der Waals surface area contributed by atoms with Crippen LogP contribution in [0.1, 0.15) is 27.7 Å². The van der Waals surface area contributed by atoms with Crippen molar-refractivity contribution in [1.29, 1.82) is 0 Å². The smallest absolute Gasteiger partial charge is 0.234 e. The molecule has 0 aromatic rings. The number of likely N-dealkylation sites (N-methyl/N-ethyl adjacent to an activating group) is 1. The molecule has 14 heavy (non-hydrogen) atoms. The van der Waals surface area contributed by atoms with Gasteiger partial charge in [0.25, 0.3) is 0 Å². The zero-order valence-corrected chi connectivity index (χ0v) is 10.0. The van der Waals surface area contributed by atoms with Crippen LogP contribution in [0.5, 0.6) is 0 Å². The summed E-state index contributed by atoms with van der Waals surface area (Å²) in [6.07, 6.45) is 0. The molecular formula is C10H22N2O2. The van der Waals surface area contributed by atoms with Crippen LogP contribution in [0.3, 0.4) is 0 Å². The Hall–Kier alpha value is -0.610. The summed E-state index contributed by atoms with van der Waals surface area (Å²) in [5.74, 6) is -0.0814. The van der Waals surface area contributed by atoms with Crippen LogP contribution in [0, 0.1) is 0 Å². The first-order valence-corrected chi connectivity index (χ1v) is 4.74. The van der Waals surface area contributed by atoms with E-state index in [9.17, 15) is 9.90 Å². The number of nitrogens with one attached hydrogen (secondary N) is 1. The van der Waals surface area contributed by atoms with E-state index in [-0.39, 0.29) is 5.91 Å². The lowest BCUT2D eigenvalue weighted by molar-refractivity contribution is -0.126. The molecule has 0 unspecified atom stereocenters. The average molecular weight is 202 g/mol. The molecule has 0 fully saturated rings. The Balaban J connectivity index is 4.30. The Morgan fingerprint density at radius 3 is 2.00 bits per heavy atom. The van der Waals surface area contributed by atoms with Gasteiger partial charge in [-0.05, 0) is 41.8 Å². The van der Waals surface area contributed by atoms with Crippen molar-refractivity contribution in [3.63, 3.8) is 0 Å². The summed E-state index contributed by atoms with van der Waals surface area (Å²) in [5, 5.41) is 12.6. The highest BCUT2D eigenvalue weighted by atomic mass is 16.3. The van der Waals surface area contributed by atoms with Crippen molar-refractivity contribution in [2.45, 2.75) is 38.8 Å². The molecule has 0 spiro atoms. The predicted molar refractivity (Wildman–Crippen MR) is 57.1 cm³/mol. The van der Waals surface area contributed by atoms with Crippen LogP contribution in [-0.4, -0.2) is 47.7 Å². The Labute approximate surface area is 86.3 Å². The van der Waals surface area contributed by atoms with Crippen LogP contribution in [0.4, 0.5) is 0 Å². The first-order valence-electron chi connectivity index (χ1n) is 4.74. The highest BCUT2D eigenvalue weighted by molar-refractivity contribution is 5.78. The molecule has 0 saturated heterocycles. The second kappa shape index (κ2) is 4.28. The standard InChI is InChI=1S/C10H22N2O2/c1-9(2,10(3,4)14)11-8(13)7-12(5)6/h14H,7H2,1-6H3,(H,11,13). The van der Waals surface area contributed by atoms with E-state index in [1.807, 2.05) is 14.1 Å². The first-order chi connectivity index (χ1) is 6.06. The number of carbonyl (C=O) groups excluding carboxylic acids is 1. The van der Waals surface area contributed by atoms with Crippen molar-refractivity contribution in [1.82, 2.24) is 10.2 Å². The molecule has 4 heteroatoms. The van der Waals surface area contributed by atoms with Gasteiger partial charge >= 0.3 is 0 Å². The molecule has 0 atom stereocenters. The second-order valence-electron chi connectivity index (χ2n) is 4.97. The third kappa shape index (κ3) is 4.07. The highest BCUT2D eigenvalue weighted by Crippen LogP contribution is 2.20. The van der Waals surface area contributed by atoms with Crippen molar-refractivity contribution in [2.75, 3.05) is 20.6 Å². The molecule has 0 aliphatic rings. The minimum atomic E-state index is -0.936. The zero-order chi connectivity index (χ0) is 11.6. The quantitative estimate of drug-likeness (QED) is 0.685. The summed E-state index contributed by atoms with van der Waals surface area (Å²) in [6.45, 7) is 7.31. The maximum Gasteiger partial charge on any atom is 0.234 e. The summed E-state index contributed by atoms with van der Waals surface area (Å²) in [5.41, 5.74) is -1.56. The summed E-state index contributed by atoms with van der Waals surface area (Å²) >= 11 is 0. The van der Waals surface area contributed by atoms with Crippen LogP contribution in [-0.2, 0) is 4.79 Å². The van der Waals surface area contributed by atoms with Crippen LogP contribution >= 0.6 is 0 Å². The molecule has 0 rings (SSSR count). The van der Waals surface area contributed by atoms with Gasteiger partial charge in [0, 0.05) is 0 Å². The van der Waals surface area contributed by atoms with Gasteiger partial charge in [-0.15, -0.1) is 0 Å². The molecule has 0 aliphatic heterocycles. The molecule has 4 nitrogen and oxygen atoms in total. The van der Waals surface area contributed by atoms with E-state index in [1.54, 1.807) is 32.6 Å². The summed E-state index contributed by atoms with van der Waals surface area (Å²) < 4.78 is 0. The second-order valence-corrected chi connectivity index (χ2v) is 4.97. The molecule has 1 amide bonds. The minimum Gasteiger partial charge on any atom is -0.388 e. The molecule has 0 aromatic heterocycles. The molecule has 0 aromatic carbocycles. The zero-order valence-electron chi connectivity index (χ0n) is 10.0. The maximum atomic E-state index is 11.5. The first kappa shape index (κ1) is 13.4. The molecule has 0 bridgehead atoms. The van der Waals surface area contributed by atoms with Crippen LogP contribution in [0.2, 0.25) is 0 Å². The van der Waals surface area contributed by atoms with E-state index in [1.165, 1.54) is 0 Å². The van der Waals surface area contributed by atoms with Gasteiger partial charge < -0.3 is 15.3 Å². The molecular weight excluding hydrogens is 180 g/mol. The lowest BCUT2D eigenvalue weighted by atomic mass is 9.86. The van der Waals surface area contributed by atoms with Crippen molar-refractivity contribution in [3.8, 4) is 0 Å². The van der Waals surface area contributed by atoms with E-state index in [0.29, 0.717) is 6.54 Å². The fourth-order valence-electron chi connectivity index (χ4n) is 0.828. The third-order valence-electron chi connectivity index (χ3n) is 2.44. The van der Waals surface area contributed by atoms with Crippen LogP contribution in [0.15, 0.2) is 0 Å². The van der Waals surface area contributed by atoms with E-state index < -0.39 is 11.1 Å². The molecule has 2 N–H and O–H groups in total. The Morgan fingerprint density at radius 2 is 1.71 bits per heavy atom. The topological polar surface area (TPSA) is 52.6 Å². The van der Waals surface area contributed by atoms with Gasteiger partial charge in [-0.25, -0.2) is 0 Å². The van der Waals surface area contributed by atoms with Gasteiger partial charge in [0.1, 0.15) is 0 Å². The molecule has 0 saturated carbocycles. The summed E-state index contributed by atoms with van der Waals surface area (Å²) in [7, 11) is 3.66. The number of nitrogens with zero attached hydrogens (tertiary/aromatic N) is 1. The van der Waals surface area contributed by atoms with Gasteiger partial charge in [-0.3, -0.25) is 4.79 Å². The van der Waals surface area contributed by atoms with Gasteiger partial charge in [-0.1, -0.05) is 0 Å². The number of amides is 1. The summed E-state index contributed by atoms with van der Waals surface area (Å²) in [4.78, 5) is 13.2.